The number of carbonyl (C=O) groups excluding carboxylic acids is 6. The zero-order valence-corrected chi connectivity index (χ0v) is 29.7. The molecule has 278 valence electrons. The molecule has 7 N–H and O–H groups in total. The van der Waals surface area contributed by atoms with Crippen molar-refractivity contribution in [2.24, 2.45) is 11.7 Å². The van der Waals surface area contributed by atoms with Crippen molar-refractivity contribution in [3.8, 4) is 17.2 Å². The second-order valence-corrected chi connectivity index (χ2v) is 12.3. The molecule has 1 aliphatic rings. The first-order chi connectivity index (χ1) is 24.4. The number of hydrogen-bond donors (Lipinski definition) is 6. The molecular formula is C36H50N6O9. The van der Waals surface area contributed by atoms with Gasteiger partial charge in [0.05, 0.1) is 37.4 Å². The van der Waals surface area contributed by atoms with Gasteiger partial charge < -0.3 is 46.5 Å². The van der Waals surface area contributed by atoms with Gasteiger partial charge in [-0.05, 0) is 69.7 Å². The van der Waals surface area contributed by atoms with Crippen molar-refractivity contribution in [2.75, 3.05) is 32.9 Å². The third-order valence-electron chi connectivity index (χ3n) is 7.93. The minimum absolute atomic E-state index is 0.136. The summed E-state index contributed by atoms with van der Waals surface area (Å²) in [6.07, 6.45) is 1.08. The summed E-state index contributed by atoms with van der Waals surface area (Å²) in [5, 5.41) is 13.6. The Balaban J connectivity index is 1.72. The van der Waals surface area contributed by atoms with Crippen molar-refractivity contribution in [3.05, 3.63) is 53.6 Å². The summed E-state index contributed by atoms with van der Waals surface area (Å²) in [5.41, 5.74) is 5.90. The maximum absolute atomic E-state index is 13.6. The van der Waals surface area contributed by atoms with E-state index in [0.717, 1.165) is 0 Å². The molecule has 3 rings (SSSR count). The molecule has 0 aliphatic carbocycles. The van der Waals surface area contributed by atoms with Crippen LogP contribution in [0.4, 0.5) is 0 Å². The average Bonchev–Trinajstić information content (AvgIpc) is 3.09. The molecule has 0 radical (unpaired) electrons. The highest BCUT2D eigenvalue weighted by Gasteiger charge is 2.32. The van der Waals surface area contributed by atoms with E-state index in [-0.39, 0.29) is 36.8 Å². The summed E-state index contributed by atoms with van der Waals surface area (Å²) in [4.78, 5) is 78.3. The fourth-order valence-corrected chi connectivity index (χ4v) is 5.33. The molecule has 0 saturated carbocycles. The van der Waals surface area contributed by atoms with Gasteiger partial charge in [-0.3, -0.25) is 28.8 Å². The number of hydrogen-bond acceptors (Lipinski definition) is 9. The maximum atomic E-state index is 13.6. The van der Waals surface area contributed by atoms with Crippen LogP contribution in [0, 0.1) is 5.92 Å². The normalized spacial score (nSPS) is 18.9. The SMILES string of the molecule is CCOc1ccc(C(=O)NCCCC[C@@H]2NC(=O)[C@@H](C(C)C)NC(=O)[C@H](CC(N)=O)NC(=O)c3ccccc3OCCCNC2=O)c(OCC)c1. The van der Waals surface area contributed by atoms with Crippen LogP contribution in [0.25, 0.3) is 0 Å². The van der Waals surface area contributed by atoms with Gasteiger partial charge in [0, 0.05) is 19.2 Å². The molecule has 2 aromatic rings. The molecule has 0 bridgehead atoms. The highest BCUT2D eigenvalue weighted by atomic mass is 16.5. The highest BCUT2D eigenvalue weighted by molar-refractivity contribution is 6.01. The van der Waals surface area contributed by atoms with Crippen LogP contribution in [-0.4, -0.2) is 86.5 Å². The molecule has 3 atom stereocenters. The van der Waals surface area contributed by atoms with E-state index in [1.54, 1.807) is 50.2 Å². The van der Waals surface area contributed by atoms with Crippen molar-refractivity contribution in [1.29, 1.82) is 0 Å². The van der Waals surface area contributed by atoms with Gasteiger partial charge in [0.1, 0.15) is 35.4 Å². The second kappa shape index (κ2) is 20.4. The minimum Gasteiger partial charge on any atom is -0.494 e. The van der Waals surface area contributed by atoms with E-state index in [2.05, 4.69) is 26.6 Å². The van der Waals surface area contributed by atoms with Gasteiger partial charge in [-0.2, -0.15) is 0 Å². The summed E-state index contributed by atoms with van der Waals surface area (Å²) >= 11 is 0. The Morgan fingerprint density at radius 3 is 2.37 bits per heavy atom. The zero-order valence-electron chi connectivity index (χ0n) is 29.7. The number of unbranched alkanes of at least 4 members (excludes halogenated alkanes) is 1. The van der Waals surface area contributed by atoms with Crippen molar-refractivity contribution >= 4 is 35.4 Å². The molecule has 15 heteroatoms. The van der Waals surface area contributed by atoms with Gasteiger partial charge in [-0.1, -0.05) is 26.0 Å². The van der Waals surface area contributed by atoms with Crippen LogP contribution >= 0.6 is 0 Å². The first-order valence-corrected chi connectivity index (χ1v) is 17.3. The lowest BCUT2D eigenvalue weighted by Crippen LogP contribution is -2.58. The van der Waals surface area contributed by atoms with Crippen molar-refractivity contribution in [2.45, 2.75) is 77.9 Å². The number of primary amides is 1. The first-order valence-electron chi connectivity index (χ1n) is 17.3. The Bertz CT molecular complexity index is 1530. The number of benzene rings is 2. The van der Waals surface area contributed by atoms with Crippen LogP contribution in [0.2, 0.25) is 0 Å². The third-order valence-corrected chi connectivity index (χ3v) is 7.93. The summed E-state index contributed by atoms with van der Waals surface area (Å²) in [5.74, 6) is -2.84. The molecule has 0 unspecified atom stereocenters. The Morgan fingerprint density at radius 2 is 1.67 bits per heavy atom. The number of nitrogens with two attached hydrogens (primary N) is 1. The van der Waals surface area contributed by atoms with E-state index in [9.17, 15) is 28.8 Å². The molecule has 2 aromatic carbocycles. The van der Waals surface area contributed by atoms with Gasteiger partial charge in [0.25, 0.3) is 11.8 Å². The summed E-state index contributed by atoms with van der Waals surface area (Å²) in [6, 6.07) is 7.98. The van der Waals surface area contributed by atoms with Gasteiger partial charge in [-0.15, -0.1) is 0 Å². The quantitative estimate of drug-likeness (QED) is 0.166. The van der Waals surface area contributed by atoms with Gasteiger partial charge >= 0.3 is 0 Å². The molecule has 51 heavy (non-hydrogen) atoms. The minimum atomic E-state index is -1.38. The number of para-hydroxylation sites is 1. The summed E-state index contributed by atoms with van der Waals surface area (Å²) < 4.78 is 17.0. The molecule has 0 fully saturated rings. The predicted octanol–water partition coefficient (Wildman–Crippen LogP) is 1.58. The zero-order chi connectivity index (χ0) is 37.3. The number of amides is 6. The van der Waals surface area contributed by atoms with Gasteiger partial charge in [0.2, 0.25) is 23.6 Å². The summed E-state index contributed by atoms with van der Waals surface area (Å²) in [6.45, 7) is 8.64. The first kappa shape index (κ1) is 40.1. The average molecular weight is 711 g/mol. The smallest absolute Gasteiger partial charge is 0.255 e. The molecule has 15 nitrogen and oxygen atoms in total. The Morgan fingerprint density at radius 1 is 0.922 bits per heavy atom. The van der Waals surface area contributed by atoms with Crippen LogP contribution in [0.15, 0.2) is 42.5 Å². The van der Waals surface area contributed by atoms with Crippen LogP contribution < -0.4 is 46.5 Å². The number of ether oxygens (including phenoxy) is 3. The fourth-order valence-electron chi connectivity index (χ4n) is 5.33. The lowest BCUT2D eigenvalue weighted by Gasteiger charge is -2.27. The monoisotopic (exact) mass is 710 g/mol. The van der Waals surface area contributed by atoms with Gasteiger partial charge in [-0.25, -0.2) is 0 Å². The van der Waals surface area contributed by atoms with Crippen LogP contribution in [-0.2, 0) is 19.2 Å². The molecule has 0 aromatic heterocycles. The Hall–Kier alpha value is -5.34. The number of carbonyl (C=O) groups is 6. The van der Waals surface area contributed by atoms with Crippen LogP contribution in [0.5, 0.6) is 17.2 Å². The van der Waals surface area contributed by atoms with Gasteiger partial charge in [0.15, 0.2) is 0 Å². The Kier molecular flexibility index (Phi) is 16.0. The maximum Gasteiger partial charge on any atom is 0.255 e. The Labute approximate surface area is 298 Å². The highest BCUT2D eigenvalue weighted by Crippen LogP contribution is 2.25. The van der Waals surface area contributed by atoms with Crippen molar-refractivity contribution < 1.29 is 43.0 Å². The van der Waals surface area contributed by atoms with E-state index >= 15 is 0 Å². The third kappa shape index (κ3) is 12.5. The van der Waals surface area contributed by atoms with Crippen LogP contribution in [0.3, 0.4) is 0 Å². The number of nitrogens with one attached hydrogen (secondary N) is 5. The fraction of sp³-hybridized carbons (Fsp3) is 0.500. The number of fused-ring (bicyclic) bond motifs is 1. The van der Waals surface area contributed by atoms with Crippen molar-refractivity contribution in [3.63, 3.8) is 0 Å². The topological polar surface area (TPSA) is 216 Å². The number of rotatable bonds is 13. The van der Waals surface area contributed by atoms with Crippen molar-refractivity contribution in [1.82, 2.24) is 26.6 Å². The largest absolute Gasteiger partial charge is 0.494 e. The van der Waals surface area contributed by atoms with E-state index in [1.807, 2.05) is 13.8 Å². The second-order valence-electron chi connectivity index (χ2n) is 12.3. The predicted molar refractivity (Wildman–Crippen MR) is 188 cm³/mol. The van der Waals surface area contributed by atoms with E-state index in [1.165, 1.54) is 6.07 Å². The van der Waals surface area contributed by atoms with E-state index in [0.29, 0.717) is 56.1 Å². The molecule has 0 saturated heterocycles. The molecule has 1 aliphatic heterocycles. The molecule has 6 amide bonds. The lowest BCUT2D eigenvalue weighted by atomic mass is 10.0. The summed E-state index contributed by atoms with van der Waals surface area (Å²) in [7, 11) is 0. The van der Waals surface area contributed by atoms with E-state index < -0.39 is 60.0 Å². The standard InChI is InChI=1S/C36H50N6O9/c1-5-49-23-15-16-25(29(20-23)50-6-2)32(44)38-17-10-9-13-26-34(46)39-18-11-19-51-28-14-8-7-12-24(28)33(45)41-27(21-30(37)43)35(47)42-31(22(3)4)36(48)40-26/h7-8,12,14-16,20,22,26-27,31H,5-6,9-11,13,17-19,21H2,1-4H3,(H2,37,43)(H,38,44)(H,39,46)(H,40,48)(H,41,45)(H,42,47)/t26-,27-,31+/m0/s1. The van der Waals surface area contributed by atoms with E-state index in [4.69, 9.17) is 19.9 Å². The molecular weight excluding hydrogens is 660 g/mol. The molecule has 0 spiro atoms. The lowest BCUT2D eigenvalue weighted by molar-refractivity contribution is -0.134. The van der Waals surface area contributed by atoms with Crippen LogP contribution in [0.1, 0.15) is 80.5 Å². The molecule has 1 heterocycles.